The molecule has 7 atom stereocenters. The SMILES string of the molecule is CCCCC(N=O)C1CC[C@H](C(C)C(C)CCC)C(CC)C1CC. The molecule has 1 fully saturated rings. The topological polar surface area (TPSA) is 29.4 Å². The summed E-state index contributed by atoms with van der Waals surface area (Å²) in [6.07, 6.45) is 11.0. The van der Waals surface area contributed by atoms with Crippen molar-refractivity contribution in [3.8, 4) is 0 Å². The molecule has 2 heteroatoms. The van der Waals surface area contributed by atoms with Gasteiger partial charge in [-0.1, -0.05) is 85.2 Å². The lowest BCUT2D eigenvalue weighted by atomic mass is 9.58. The van der Waals surface area contributed by atoms with Crippen molar-refractivity contribution in [1.29, 1.82) is 0 Å². The van der Waals surface area contributed by atoms with Crippen molar-refractivity contribution < 1.29 is 0 Å². The molecule has 0 aromatic heterocycles. The summed E-state index contributed by atoms with van der Waals surface area (Å²) in [7, 11) is 0. The van der Waals surface area contributed by atoms with E-state index in [0.717, 1.165) is 36.5 Å². The molecule has 1 rings (SSSR count). The van der Waals surface area contributed by atoms with E-state index in [2.05, 4.69) is 46.7 Å². The number of hydrogen-bond donors (Lipinski definition) is 0. The molecule has 142 valence electrons. The fourth-order valence-electron chi connectivity index (χ4n) is 5.69. The maximum absolute atomic E-state index is 11.5. The Morgan fingerprint density at radius 1 is 0.875 bits per heavy atom. The van der Waals surface area contributed by atoms with Gasteiger partial charge in [0.25, 0.3) is 0 Å². The van der Waals surface area contributed by atoms with Gasteiger partial charge in [-0.3, -0.25) is 0 Å². The van der Waals surface area contributed by atoms with Gasteiger partial charge >= 0.3 is 0 Å². The van der Waals surface area contributed by atoms with Crippen molar-refractivity contribution in [2.45, 2.75) is 105 Å². The van der Waals surface area contributed by atoms with Gasteiger partial charge in [0.1, 0.15) is 0 Å². The van der Waals surface area contributed by atoms with Crippen LogP contribution in [-0.4, -0.2) is 6.04 Å². The van der Waals surface area contributed by atoms with Crippen LogP contribution in [0.2, 0.25) is 0 Å². The average molecular weight is 338 g/mol. The van der Waals surface area contributed by atoms with E-state index in [1.54, 1.807) is 0 Å². The largest absolute Gasteiger partial charge is 0.151 e. The standard InChI is InChI=1S/C22H43NO/c1-7-11-13-22(23-24)21-15-14-20(17(6)16(5)12-8-2)18(9-3)19(21)10-4/h16-22H,7-15H2,1-6H3/t16?,17?,18?,19?,20-,21?,22?/m1/s1. The fourth-order valence-corrected chi connectivity index (χ4v) is 5.69. The summed E-state index contributed by atoms with van der Waals surface area (Å²) in [6.45, 7) is 14.2. The molecule has 0 spiro atoms. The lowest BCUT2D eigenvalue weighted by Crippen LogP contribution is -2.42. The molecule has 2 nitrogen and oxygen atoms in total. The van der Waals surface area contributed by atoms with Crippen molar-refractivity contribution in [3.63, 3.8) is 0 Å². The van der Waals surface area contributed by atoms with Gasteiger partial charge in [0, 0.05) is 0 Å². The Kier molecular flexibility index (Phi) is 10.2. The molecule has 0 saturated heterocycles. The number of hydrogen-bond acceptors (Lipinski definition) is 2. The molecule has 1 saturated carbocycles. The molecule has 0 aromatic rings. The first kappa shape index (κ1) is 21.6. The molecule has 24 heavy (non-hydrogen) atoms. The summed E-state index contributed by atoms with van der Waals surface area (Å²) in [5.41, 5.74) is 0. The van der Waals surface area contributed by atoms with Gasteiger partial charge < -0.3 is 0 Å². The van der Waals surface area contributed by atoms with E-state index in [4.69, 9.17) is 0 Å². The summed E-state index contributed by atoms with van der Waals surface area (Å²) in [6, 6.07) is 0.0632. The summed E-state index contributed by atoms with van der Waals surface area (Å²) in [5, 5.41) is 3.60. The smallest absolute Gasteiger partial charge is 0.0950 e. The Morgan fingerprint density at radius 2 is 1.46 bits per heavy atom. The second kappa shape index (κ2) is 11.3. The van der Waals surface area contributed by atoms with Crippen molar-refractivity contribution in [2.24, 2.45) is 40.7 Å². The molecule has 0 bridgehead atoms. The van der Waals surface area contributed by atoms with Crippen LogP contribution in [0.3, 0.4) is 0 Å². The summed E-state index contributed by atoms with van der Waals surface area (Å²) in [4.78, 5) is 11.5. The van der Waals surface area contributed by atoms with E-state index >= 15 is 0 Å². The normalized spacial score (nSPS) is 31.4. The third kappa shape index (κ3) is 5.30. The highest BCUT2D eigenvalue weighted by Gasteiger charge is 2.43. The van der Waals surface area contributed by atoms with Gasteiger partial charge in [0.05, 0.1) is 6.04 Å². The van der Waals surface area contributed by atoms with Gasteiger partial charge in [-0.15, -0.1) is 0 Å². The highest BCUT2D eigenvalue weighted by molar-refractivity contribution is 4.93. The van der Waals surface area contributed by atoms with Crippen LogP contribution in [0.15, 0.2) is 5.18 Å². The van der Waals surface area contributed by atoms with Gasteiger partial charge in [0.15, 0.2) is 0 Å². The van der Waals surface area contributed by atoms with Gasteiger partial charge in [-0.05, 0) is 54.8 Å². The third-order valence-corrected chi connectivity index (χ3v) is 7.23. The predicted molar refractivity (Wildman–Crippen MR) is 106 cm³/mol. The number of rotatable bonds is 11. The Morgan fingerprint density at radius 3 is 1.96 bits per heavy atom. The number of unbranched alkanes of at least 4 members (excludes halogenated alkanes) is 1. The van der Waals surface area contributed by atoms with Crippen LogP contribution in [0.5, 0.6) is 0 Å². The quantitative estimate of drug-likeness (QED) is 0.360. The lowest BCUT2D eigenvalue weighted by Gasteiger charge is -2.47. The van der Waals surface area contributed by atoms with Crippen LogP contribution in [0.4, 0.5) is 0 Å². The van der Waals surface area contributed by atoms with Gasteiger partial charge in [-0.2, -0.15) is 4.91 Å². The van der Waals surface area contributed by atoms with Crippen molar-refractivity contribution in [3.05, 3.63) is 4.91 Å². The zero-order chi connectivity index (χ0) is 18.1. The first-order valence-corrected chi connectivity index (χ1v) is 10.9. The summed E-state index contributed by atoms with van der Waals surface area (Å²) in [5.74, 6) is 4.50. The Hall–Kier alpha value is -0.400. The Balaban J connectivity index is 2.89. The average Bonchev–Trinajstić information content (AvgIpc) is 2.60. The van der Waals surface area contributed by atoms with Crippen LogP contribution >= 0.6 is 0 Å². The summed E-state index contributed by atoms with van der Waals surface area (Å²) < 4.78 is 0. The molecule has 1 aliphatic rings. The zero-order valence-electron chi connectivity index (χ0n) is 17.3. The maximum atomic E-state index is 11.5. The molecule has 0 aromatic carbocycles. The van der Waals surface area contributed by atoms with Crippen LogP contribution in [-0.2, 0) is 0 Å². The minimum absolute atomic E-state index is 0.0632. The molecule has 0 heterocycles. The lowest BCUT2D eigenvalue weighted by molar-refractivity contribution is 0.0228. The highest BCUT2D eigenvalue weighted by atomic mass is 16.3. The van der Waals surface area contributed by atoms with Crippen LogP contribution < -0.4 is 0 Å². The number of nitroso groups, excluding NO2 is 1. The second-order valence-corrected chi connectivity index (χ2v) is 8.49. The van der Waals surface area contributed by atoms with Gasteiger partial charge in [-0.25, -0.2) is 0 Å². The Labute approximate surface area is 151 Å². The van der Waals surface area contributed by atoms with Gasteiger partial charge in [0.2, 0.25) is 0 Å². The van der Waals surface area contributed by atoms with E-state index in [0.29, 0.717) is 11.8 Å². The monoisotopic (exact) mass is 337 g/mol. The molecule has 6 unspecified atom stereocenters. The highest BCUT2D eigenvalue weighted by Crippen LogP contribution is 2.49. The fraction of sp³-hybridized carbons (Fsp3) is 1.00. The molecule has 0 radical (unpaired) electrons. The molecular weight excluding hydrogens is 294 g/mol. The number of nitrogens with zero attached hydrogens (tertiary/aromatic N) is 1. The van der Waals surface area contributed by atoms with Crippen LogP contribution in [0.25, 0.3) is 0 Å². The van der Waals surface area contributed by atoms with E-state index in [-0.39, 0.29) is 6.04 Å². The van der Waals surface area contributed by atoms with Crippen LogP contribution in [0.1, 0.15) is 99.3 Å². The second-order valence-electron chi connectivity index (χ2n) is 8.49. The van der Waals surface area contributed by atoms with E-state index in [1.807, 2.05) is 0 Å². The van der Waals surface area contributed by atoms with E-state index < -0.39 is 0 Å². The van der Waals surface area contributed by atoms with Crippen molar-refractivity contribution in [1.82, 2.24) is 0 Å². The first-order chi connectivity index (χ1) is 11.5. The molecular formula is C22H43NO. The first-order valence-electron chi connectivity index (χ1n) is 10.9. The van der Waals surface area contributed by atoms with E-state index in [1.165, 1.54) is 44.9 Å². The molecule has 0 N–H and O–H groups in total. The van der Waals surface area contributed by atoms with Crippen LogP contribution in [0, 0.1) is 40.4 Å². The predicted octanol–water partition coefficient (Wildman–Crippen LogP) is 7.46. The minimum atomic E-state index is 0.0632. The molecule has 0 aliphatic heterocycles. The van der Waals surface area contributed by atoms with E-state index in [9.17, 15) is 4.91 Å². The zero-order valence-corrected chi connectivity index (χ0v) is 17.3. The molecule has 0 amide bonds. The van der Waals surface area contributed by atoms with Crippen molar-refractivity contribution in [2.75, 3.05) is 0 Å². The summed E-state index contributed by atoms with van der Waals surface area (Å²) >= 11 is 0. The van der Waals surface area contributed by atoms with Crippen molar-refractivity contribution >= 4 is 0 Å². The minimum Gasteiger partial charge on any atom is -0.151 e. The third-order valence-electron chi connectivity index (χ3n) is 7.23. The maximum Gasteiger partial charge on any atom is 0.0950 e. The Bertz CT molecular complexity index is 343. The molecule has 1 aliphatic carbocycles.